The fourth-order valence-electron chi connectivity index (χ4n) is 2.24. The van der Waals surface area contributed by atoms with Gasteiger partial charge < -0.3 is 10.1 Å². The van der Waals surface area contributed by atoms with E-state index in [4.69, 9.17) is 16.3 Å². The quantitative estimate of drug-likeness (QED) is 0.855. The zero-order chi connectivity index (χ0) is 17.0. The highest BCUT2D eigenvalue weighted by Gasteiger charge is 2.18. The Labute approximate surface area is 140 Å². The molecule has 1 N–H and O–H groups in total. The maximum absolute atomic E-state index is 13.0. The third-order valence-electron chi connectivity index (χ3n) is 3.56. The Kier molecular flexibility index (Phi) is 5.61. The number of rotatable bonds is 5. The van der Waals surface area contributed by atoms with Crippen molar-refractivity contribution in [2.75, 3.05) is 5.32 Å². The van der Waals surface area contributed by atoms with Crippen LogP contribution in [0.5, 0.6) is 5.75 Å². The van der Waals surface area contributed by atoms with E-state index in [0.717, 1.165) is 29.3 Å². The number of amides is 1. The van der Waals surface area contributed by atoms with Gasteiger partial charge in [-0.2, -0.15) is 0 Å². The summed E-state index contributed by atoms with van der Waals surface area (Å²) in [5.74, 6) is -0.461. The van der Waals surface area contributed by atoms with Gasteiger partial charge in [0.15, 0.2) is 6.10 Å². The smallest absolute Gasteiger partial charge is 0.265 e. The molecule has 0 aliphatic rings. The highest BCUT2D eigenvalue weighted by Crippen LogP contribution is 2.26. The SMILES string of the molecule is CCc1cccc(C)c1NC(=O)[C@H](C)Oc1ccc(F)cc1Cl. The zero-order valence-corrected chi connectivity index (χ0v) is 14.1. The van der Waals surface area contributed by atoms with Crippen molar-refractivity contribution >= 4 is 23.2 Å². The van der Waals surface area contributed by atoms with Crippen molar-refractivity contribution in [2.24, 2.45) is 0 Å². The van der Waals surface area contributed by atoms with Gasteiger partial charge in [0.2, 0.25) is 0 Å². The summed E-state index contributed by atoms with van der Waals surface area (Å²) in [7, 11) is 0. The Hall–Kier alpha value is -2.07. The van der Waals surface area contributed by atoms with Gasteiger partial charge in [-0.05, 0) is 49.6 Å². The Morgan fingerprint density at radius 2 is 2.09 bits per heavy atom. The van der Waals surface area contributed by atoms with Crippen LogP contribution in [0.2, 0.25) is 5.02 Å². The number of anilines is 1. The Balaban J connectivity index is 2.12. The van der Waals surface area contributed by atoms with E-state index < -0.39 is 11.9 Å². The molecular weight excluding hydrogens is 317 g/mol. The number of carbonyl (C=O) groups is 1. The van der Waals surface area contributed by atoms with Crippen LogP contribution in [-0.2, 0) is 11.2 Å². The molecule has 0 spiro atoms. The van der Waals surface area contributed by atoms with Gasteiger partial charge in [0.1, 0.15) is 11.6 Å². The minimum atomic E-state index is -0.762. The lowest BCUT2D eigenvalue weighted by Gasteiger charge is -2.18. The Bertz CT molecular complexity index is 718. The fourth-order valence-corrected chi connectivity index (χ4v) is 2.45. The molecule has 0 saturated carbocycles. The topological polar surface area (TPSA) is 38.3 Å². The number of hydrogen-bond donors (Lipinski definition) is 1. The number of benzene rings is 2. The number of ether oxygens (including phenoxy) is 1. The Morgan fingerprint density at radius 1 is 1.35 bits per heavy atom. The van der Waals surface area contributed by atoms with Crippen LogP contribution in [0.15, 0.2) is 36.4 Å². The lowest BCUT2D eigenvalue weighted by Crippen LogP contribution is -2.30. The third kappa shape index (κ3) is 4.23. The van der Waals surface area contributed by atoms with Crippen LogP contribution in [0.3, 0.4) is 0 Å². The Morgan fingerprint density at radius 3 is 2.74 bits per heavy atom. The molecule has 0 saturated heterocycles. The molecule has 0 aliphatic carbocycles. The molecule has 1 amide bonds. The summed E-state index contributed by atoms with van der Waals surface area (Å²) in [6, 6.07) is 9.68. The highest BCUT2D eigenvalue weighted by molar-refractivity contribution is 6.32. The number of nitrogens with one attached hydrogen (secondary N) is 1. The molecule has 0 bridgehead atoms. The van der Waals surface area contributed by atoms with Gasteiger partial charge in [-0.25, -0.2) is 4.39 Å². The molecule has 0 fully saturated rings. The monoisotopic (exact) mass is 335 g/mol. The van der Waals surface area contributed by atoms with Crippen LogP contribution in [0.1, 0.15) is 25.0 Å². The van der Waals surface area contributed by atoms with Crippen LogP contribution < -0.4 is 10.1 Å². The van der Waals surface area contributed by atoms with Crippen molar-refractivity contribution in [1.29, 1.82) is 0 Å². The number of aryl methyl sites for hydroxylation is 2. The van der Waals surface area contributed by atoms with Crippen molar-refractivity contribution in [3.63, 3.8) is 0 Å². The predicted molar refractivity (Wildman–Crippen MR) is 90.7 cm³/mol. The van der Waals surface area contributed by atoms with Crippen LogP contribution in [0.25, 0.3) is 0 Å². The maximum Gasteiger partial charge on any atom is 0.265 e. The first kappa shape index (κ1) is 17.3. The molecule has 2 aromatic rings. The average molecular weight is 336 g/mol. The first-order valence-electron chi connectivity index (χ1n) is 7.43. The van der Waals surface area contributed by atoms with Gasteiger partial charge >= 0.3 is 0 Å². The molecule has 2 aromatic carbocycles. The summed E-state index contributed by atoms with van der Waals surface area (Å²) >= 11 is 5.91. The molecule has 5 heteroatoms. The molecule has 0 radical (unpaired) electrons. The van der Waals surface area contributed by atoms with Crippen LogP contribution in [-0.4, -0.2) is 12.0 Å². The summed E-state index contributed by atoms with van der Waals surface area (Å²) in [4.78, 5) is 12.4. The number of para-hydroxylation sites is 1. The van der Waals surface area contributed by atoms with Crippen LogP contribution >= 0.6 is 11.6 Å². The zero-order valence-electron chi connectivity index (χ0n) is 13.3. The standard InChI is InChI=1S/C18H19ClFNO2/c1-4-13-7-5-6-11(2)17(13)21-18(22)12(3)23-16-9-8-14(20)10-15(16)19/h5-10,12H,4H2,1-3H3,(H,21,22)/t12-/m0/s1. The van der Waals surface area contributed by atoms with E-state index in [2.05, 4.69) is 5.32 Å². The molecule has 0 unspecified atom stereocenters. The lowest BCUT2D eigenvalue weighted by molar-refractivity contribution is -0.122. The minimum absolute atomic E-state index is 0.134. The second-order valence-corrected chi connectivity index (χ2v) is 5.69. The van der Waals surface area contributed by atoms with Crippen molar-refractivity contribution < 1.29 is 13.9 Å². The summed E-state index contributed by atoms with van der Waals surface area (Å²) in [5.41, 5.74) is 2.86. The second-order valence-electron chi connectivity index (χ2n) is 5.29. The second kappa shape index (κ2) is 7.47. The van der Waals surface area contributed by atoms with E-state index in [1.165, 1.54) is 12.1 Å². The van der Waals surface area contributed by atoms with Gasteiger partial charge in [-0.15, -0.1) is 0 Å². The average Bonchev–Trinajstić information content (AvgIpc) is 2.51. The van der Waals surface area contributed by atoms with Crippen LogP contribution in [0.4, 0.5) is 10.1 Å². The van der Waals surface area contributed by atoms with E-state index in [1.54, 1.807) is 6.92 Å². The number of halogens is 2. The van der Waals surface area contributed by atoms with E-state index in [1.807, 2.05) is 32.0 Å². The van der Waals surface area contributed by atoms with Gasteiger partial charge in [0.25, 0.3) is 5.91 Å². The van der Waals surface area contributed by atoms with E-state index in [9.17, 15) is 9.18 Å². The molecule has 1 atom stereocenters. The van der Waals surface area contributed by atoms with Crippen molar-refractivity contribution in [3.8, 4) is 5.75 Å². The summed E-state index contributed by atoms with van der Waals surface area (Å²) in [5, 5.41) is 3.03. The number of hydrogen-bond acceptors (Lipinski definition) is 2. The maximum atomic E-state index is 13.0. The third-order valence-corrected chi connectivity index (χ3v) is 3.85. The molecule has 0 heterocycles. The van der Waals surface area contributed by atoms with Gasteiger partial charge in [0.05, 0.1) is 5.02 Å². The highest BCUT2D eigenvalue weighted by atomic mass is 35.5. The van der Waals surface area contributed by atoms with E-state index in [0.29, 0.717) is 0 Å². The fraction of sp³-hybridized carbons (Fsp3) is 0.278. The van der Waals surface area contributed by atoms with Crippen molar-refractivity contribution in [3.05, 3.63) is 58.4 Å². The normalized spacial score (nSPS) is 11.9. The first-order chi connectivity index (χ1) is 10.9. The van der Waals surface area contributed by atoms with Crippen LogP contribution in [0, 0.1) is 12.7 Å². The molecule has 3 nitrogen and oxygen atoms in total. The molecule has 0 aromatic heterocycles. The summed E-state index contributed by atoms with van der Waals surface area (Å²) in [6.07, 6.45) is 0.0540. The summed E-state index contributed by atoms with van der Waals surface area (Å²) < 4.78 is 18.6. The van der Waals surface area contributed by atoms with E-state index in [-0.39, 0.29) is 16.7 Å². The van der Waals surface area contributed by atoms with Gasteiger partial charge in [0, 0.05) is 5.69 Å². The lowest BCUT2D eigenvalue weighted by atomic mass is 10.1. The largest absolute Gasteiger partial charge is 0.479 e. The van der Waals surface area contributed by atoms with Gasteiger partial charge in [-0.3, -0.25) is 4.79 Å². The van der Waals surface area contributed by atoms with Gasteiger partial charge in [-0.1, -0.05) is 36.7 Å². The molecule has 122 valence electrons. The minimum Gasteiger partial charge on any atom is -0.479 e. The molecule has 2 rings (SSSR count). The first-order valence-corrected chi connectivity index (χ1v) is 7.81. The van der Waals surface area contributed by atoms with Crippen molar-refractivity contribution in [2.45, 2.75) is 33.3 Å². The predicted octanol–water partition coefficient (Wildman–Crippen LogP) is 4.76. The number of carbonyl (C=O) groups excluding carboxylic acids is 1. The molecular formula is C18H19ClFNO2. The molecule has 0 aliphatic heterocycles. The van der Waals surface area contributed by atoms with E-state index >= 15 is 0 Å². The summed E-state index contributed by atoms with van der Waals surface area (Å²) in [6.45, 7) is 5.60. The van der Waals surface area contributed by atoms with Crippen molar-refractivity contribution in [1.82, 2.24) is 0 Å². The molecule has 23 heavy (non-hydrogen) atoms.